The molecule has 0 aromatic heterocycles. The fourth-order valence-electron chi connectivity index (χ4n) is 3.28. The minimum atomic E-state index is -4.43. The van der Waals surface area contributed by atoms with Gasteiger partial charge in [0.05, 0.1) is 23.7 Å². The number of benzene rings is 1. The van der Waals surface area contributed by atoms with Crippen molar-refractivity contribution in [3.8, 4) is 0 Å². The van der Waals surface area contributed by atoms with Crippen LogP contribution in [0.25, 0.3) is 0 Å². The van der Waals surface area contributed by atoms with Crippen LogP contribution in [0.4, 0.5) is 17.6 Å². The zero-order valence-electron chi connectivity index (χ0n) is 13.2. The lowest BCUT2D eigenvalue weighted by Gasteiger charge is -2.37. The van der Waals surface area contributed by atoms with Gasteiger partial charge in [-0.15, -0.1) is 0 Å². The molecule has 2 heterocycles. The van der Waals surface area contributed by atoms with Crippen LogP contribution in [0, 0.1) is 5.92 Å². The number of aliphatic hydroxyl groups excluding tert-OH is 1. The van der Waals surface area contributed by atoms with Crippen molar-refractivity contribution in [1.29, 1.82) is 0 Å². The Morgan fingerprint density at radius 3 is 2.48 bits per heavy atom. The molecule has 4 N–H and O–H groups in total. The van der Waals surface area contributed by atoms with E-state index in [1.807, 2.05) is 0 Å². The zero-order chi connectivity index (χ0) is 18.4. The Labute approximate surface area is 141 Å². The lowest BCUT2D eigenvalue weighted by atomic mass is 9.96. The van der Waals surface area contributed by atoms with Gasteiger partial charge in [0.2, 0.25) is 5.91 Å². The highest BCUT2D eigenvalue weighted by atomic mass is 19.4. The molecule has 0 spiro atoms. The summed E-state index contributed by atoms with van der Waals surface area (Å²) >= 11 is 0. The lowest BCUT2D eigenvalue weighted by molar-refractivity contribution is -0.138. The standard InChI is InChI=1S/C15H18F4N4O2/c1-7(8-2-4-9(5-3-8)15(17,18)19)23-12-11(10(6-16)22-23)13(24)21-14(25)20-12/h2-5,7,10-12,14,20,22,25H,6H2,1H3,(H,21,24). The fourth-order valence-corrected chi connectivity index (χ4v) is 3.28. The summed E-state index contributed by atoms with van der Waals surface area (Å²) in [5.41, 5.74) is 2.67. The lowest BCUT2D eigenvalue weighted by Crippen LogP contribution is -2.64. The third kappa shape index (κ3) is 3.34. The Hall–Kier alpha value is -1.75. The summed E-state index contributed by atoms with van der Waals surface area (Å²) in [6, 6.07) is 3.38. The predicted octanol–water partition coefficient (Wildman–Crippen LogP) is 0.862. The van der Waals surface area contributed by atoms with Crippen LogP contribution in [0.15, 0.2) is 24.3 Å². The number of halogens is 4. The molecule has 1 aromatic rings. The van der Waals surface area contributed by atoms with Crippen molar-refractivity contribution in [1.82, 2.24) is 21.1 Å². The van der Waals surface area contributed by atoms with E-state index in [1.54, 1.807) is 11.9 Å². The molecule has 10 heteroatoms. The Morgan fingerprint density at radius 2 is 1.92 bits per heavy atom. The highest BCUT2D eigenvalue weighted by molar-refractivity contribution is 5.81. The smallest absolute Gasteiger partial charge is 0.361 e. The molecule has 3 rings (SSSR count). The van der Waals surface area contributed by atoms with Gasteiger partial charge in [-0.2, -0.15) is 13.2 Å². The SMILES string of the molecule is CC(c1ccc(C(F)(F)F)cc1)N1NC(CF)C2C(=O)NC(O)NC21. The van der Waals surface area contributed by atoms with E-state index in [2.05, 4.69) is 16.1 Å². The van der Waals surface area contributed by atoms with Crippen molar-refractivity contribution in [3.63, 3.8) is 0 Å². The van der Waals surface area contributed by atoms with Crippen LogP contribution in [0.5, 0.6) is 0 Å². The monoisotopic (exact) mass is 362 g/mol. The molecule has 5 unspecified atom stereocenters. The summed E-state index contributed by atoms with van der Waals surface area (Å²) < 4.78 is 51.3. The summed E-state index contributed by atoms with van der Waals surface area (Å²) in [5.74, 6) is -1.26. The summed E-state index contributed by atoms with van der Waals surface area (Å²) in [7, 11) is 0. The van der Waals surface area contributed by atoms with E-state index in [4.69, 9.17) is 0 Å². The van der Waals surface area contributed by atoms with Crippen molar-refractivity contribution < 1.29 is 27.5 Å². The van der Waals surface area contributed by atoms with E-state index in [0.717, 1.165) is 12.1 Å². The molecule has 6 nitrogen and oxygen atoms in total. The second-order valence-corrected chi connectivity index (χ2v) is 6.14. The molecule has 1 amide bonds. The number of nitrogens with zero attached hydrogens (tertiary/aromatic N) is 1. The van der Waals surface area contributed by atoms with Gasteiger partial charge < -0.3 is 10.4 Å². The molecule has 0 radical (unpaired) electrons. The maximum absolute atomic E-state index is 13.3. The fraction of sp³-hybridized carbons (Fsp3) is 0.533. The van der Waals surface area contributed by atoms with Crippen LogP contribution < -0.4 is 16.1 Å². The quantitative estimate of drug-likeness (QED) is 0.600. The number of amides is 1. The first-order chi connectivity index (χ1) is 11.7. The van der Waals surface area contributed by atoms with Crippen molar-refractivity contribution in [3.05, 3.63) is 35.4 Å². The van der Waals surface area contributed by atoms with Gasteiger partial charge in [0.15, 0.2) is 6.35 Å². The average molecular weight is 362 g/mol. The van der Waals surface area contributed by atoms with Gasteiger partial charge in [-0.3, -0.25) is 10.1 Å². The molecule has 2 fully saturated rings. The number of carbonyl (C=O) groups excluding carboxylic acids is 1. The number of hydrogen-bond donors (Lipinski definition) is 4. The third-order valence-corrected chi connectivity index (χ3v) is 4.60. The number of alkyl halides is 4. The van der Waals surface area contributed by atoms with Gasteiger partial charge in [0, 0.05) is 6.04 Å². The number of rotatable bonds is 3. The minimum absolute atomic E-state index is 0.461. The largest absolute Gasteiger partial charge is 0.416 e. The maximum Gasteiger partial charge on any atom is 0.416 e. The van der Waals surface area contributed by atoms with Gasteiger partial charge in [-0.25, -0.2) is 14.8 Å². The first-order valence-electron chi connectivity index (χ1n) is 7.74. The molecule has 2 saturated heterocycles. The second-order valence-electron chi connectivity index (χ2n) is 6.14. The van der Waals surface area contributed by atoms with Gasteiger partial charge in [-0.05, 0) is 24.6 Å². The molecule has 138 valence electrons. The van der Waals surface area contributed by atoms with Crippen LogP contribution in [0.2, 0.25) is 0 Å². The van der Waals surface area contributed by atoms with E-state index < -0.39 is 54.8 Å². The molecular weight excluding hydrogens is 344 g/mol. The Morgan fingerprint density at radius 1 is 1.28 bits per heavy atom. The highest BCUT2D eigenvalue weighted by Gasteiger charge is 2.50. The molecule has 0 aliphatic carbocycles. The number of carbonyl (C=O) groups is 1. The summed E-state index contributed by atoms with van der Waals surface area (Å²) in [4.78, 5) is 12.0. The van der Waals surface area contributed by atoms with E-state index in [1.165, 1.54) is 12.1 Å². The van der Waals surface area contributed by atoms with Crippen molar-refractivity contribution in [2.24, 2.45) is 5.92 Å². The zero-order valence-corrected chi connectivity index (χ0v) is 13.2. The first kappa shape index (κ1) is 18.1. The van der Waals surface area contributed by atoms with Crippen molar-refractivity contribution in [2.45, 2.75) is 37.7 Å². The Kier molecular flexibility index (Phi) is 4.71. The summed E-state index contributed by atoms with van der Waals surface area (Å²) in [5, 5.41) is 16.3. The van der Waals surface area contributed by atoms with Crippen LogP contribution in [-0.2, 0) is 11.0 Å². The highest BCUT2D eigenvalue weighted by Crippen LogP contribution is 2.34. The molecule has 2 aliphatic rings. The molecule has 0 saturated carbocycles. The minimum Gasteiger partial charge on any atom is -0.361 e. The number of fused-ring (bicyclic) bond motifs is 1. The van der Waals surface area contributed by atoms with E-state index >= 15 is 0 Å². The van der Waals surface area contributed by atoms with Crippen LogP contribution in [-0.4, -0.2) is 41.3 Å². The van der Waals surface area contributed by atoms with Gasteiger partial charge in [0.25, 0.3) is 0 Å². The number of hydrazine groups is 1. The number of hydrogen-bond acceptors (Lipinski definition) is 5. The Bertz CT molecular complexity index is 639. The molecule has 2 aliphatic heterocycles. The molecule has 0 bridgehead atoms. The van der Waals surface area contributed by atoms with Crippen LogP contribution >= 0.6 is 0 Å². The van der Waals surface area contributed by atoms with E-state index in [0.29, 0.717) is 5.56 Å². The topological polar surface area (TPSA) is 76.6 Å². The van der Waals surface area contributed by atoms with Crippen molar-refractivity contribution >= 4 is 5.91 Å². The van der Waals surface area contributed by atoms with Gasteiger partial charge in [-0.1, -0.05) is 12.1 Å². The van der Waals surface area contributed by atoms with E-state index in [9.17, 15) is 27.5 Å². The number of nitrogens with one attached hydrogen (secondary N) is 3. The second kappa shape index (κ2) is 6.52. The maximum atomic E-state index is 13.3. The number of aliphatic hydroxyl groups is 1. The van der Waals surface area contributed by atoms with E-state index in [-0.39, 0.29) is 0 Å². The molecule has 1 aromatic carbocycles. The summed E-state index contributed by atoms with van der Waals surface area (Å²) in [6.07, 6.45) is -6.40. The normalized spacial score (nSPS) is 31.5. The van der Waals surface area contributed by atoms with Crippen molar-refractivity contribution in [2.75, 3.05) is 6.67 Å². The predicted molar refractivity (Wildman–Crippen MR) is 79.2 cm³/mol. The van der Waals surface area contributed by atoms with Crippen LogP contribution in [0.3, 0.4) is 0 Å². The molecule has 25 heavy (non-hydrogen) atoms. The first-order valence-corrected chi connectivity index (χ1v) is 7.74. The van der Waals surface area contributed by atoms with Gasteiger partial charge in [0.1, 0.15) is 6.67 Å². The molecular formula is C15H18F4N4O2. The molecule has 5 atom stereocenters. The average Bonchev–Trinajstić information content (AvgIpc) is 2.92. The van der Waals surface area contributed by atoms with Gasteiger partial charge >= 0.3 is 6.18 Å². The summed E-state index contributed by atoms with van der Waals surface area (Å²) in [6.45, 7) is 0.913. The van der Waals surface area contributed by atoms with Crippen LogP contribution in [0.1, 0.15) is 24.1 Å². The Balaban J connectivity index is 1.83. The third-order valence-electron chi connectivity index (χ3n) is 4.60.